The van der Waals surface area contributed by atoms with Crippen LogP contribution in [0.5, 0.6) is 0 Å². The SMILES string of the molecule is CCNC(=NCC1(CCO)CCOC1)NCCC(C)C. The normalized spacial score (nSPS) is 23.4. The first-order chi connectivity index (χ1) is 9.62. The summed E-state index contributed by atoms with van der Waals surface area (Å²) in [6, 6.07) is 0. The molecule has 0 radical (unpaired) electrons. The van der Waals surface area contributed by atoms with Crippen LogP contribution < -0.4 is 10.6 Å². The van der Waals surface area contributed by atoms with Crippen LogP contribution in [0.2, 0.25) is 0 Å². The van der Waals surface area contributed by atoms with Gasteiger partial charge in [-0.1, -0.05) is 13.8 Å². The van der Waals surface area contributed by atoms with Gasteiger partial charge in [-0.2, -0.15) is 0 Å². The predicted molar refractivity (Wildman–Crippen MR) is 83.0 cm³/mol. The van der Waals surface area contributed by atoms with E-state index in [-0.39, 0.29) is 12.0 Å². The summed E-state index contributed by atoms with van der Waals surface area (Å²) in [5, 5.41) is 15.9. The number of aliphatic hydroxyl groups is 1. The number of nitrogens with one attached hydrogen (secondary N) is 2. The molecule has 1 aliphatic rings. The van der Waals surface area contributed by atoms with E-state index < -0.39 is 0 Å². The third kappa shape index (κ3) is 6.09. The number of nitrogens with zero attached hydrogens (tertiary/aromatic N) is 1. The molecule has 0 saturated carbocycles. The molecule has 20 heavy (non-hydrogen) atoms. The van der Waals surface area contributed by atoms with E-state index in [0.717, 1.165) is 44.9 Å². The standard InChI is InChI=1S/C15H31N3O2/c1-4-16-14(17-8-5-13(2)3)18-11-15(6-9-19)7-10-20-12-15/h13,19H,4-12H2,1-3H3,(H2,16,17,18). The van der Waals surface area contributed by atoms with Gasteiger partial charge in [0.25, 0.3) is 0 Å². The zero-order valence-electron chi connectivity index (χ0n) is 13.2. The molecule has 0 aromatic heterocycles. The van der Waals surface area contributed by atoms with Crippen LogP contribution in [-0.2, 0) is 4.74 Å². The fraction of sp³-hybridized carbons (Fsp3) is 0.933. The minimum absolute atomic E-state index is 0.0230. The summed E-state index contributed by atoms with van der Waals surface area (Å²) in [6.45, 7) is 10.7. The summed E-state index contributed by atoms with van der Waals surface area (Å²) in [5.41, 5.74) is 0.0230. The van der Waals surface area contributed by atoms with Crippen molar-refractivity contribution in [3.05, 3.63) is 0 Å². The van der Waals surface area contributed by atoms with Crippen molar-refractivity contribution in [3.63, 3.8) is 0 Å². The third-order valence-corrected chi connectivity index (χ3v) is 3.76. The Hall–Kier alpha value is -0.810. The lowest BCUT2D eigenvalue weighted by molar-refractivity contribution is 0.131. The van der Waals surface area contributed by atoms with Crippen molar-refractivity contribution in [2.45, 2.75) is 40.0 Å². The van der Waals surface area contributed by atoms with Gasteiger partial charge in [0.05, 0.1) is 13.2 Å². The maximum Gasteiger partial charge on any atom is 0.191 e. The van der Waals surface area contributed by atoms with E-state index in [0.29, 0.717) is 19.1 Å². The Morgan fingerprint density at radius 1 is 1.40 bits per heavy atom. The molecule has 3 N–H and O–H groups in total. The lowest BCUT2D eigenvalue weighted by Gasteiger charge is -2.25. The van der Waals surface area contributed by atoms with Crippen molar-refractivity contribution in [1.82, 2.24) is 10.6 Å². The fourth-order valence-corrected chi connectivity index (χ4v) is 2.36. The molecule has 1 fully saturated rings. The first-order valence-electron chi connectivity index (χ1n) is 7.82. The Labute approximate surface area is 123 Å². The van der Waals surface area contributed by atoms with Gasteiger partial charge < -0.3 is 20.5 Å². The number of aliphatic imine (C=N–C) groups is 1. The number of aliphatic hydroxyl groups excluding tert-OH is 1. The molecule has 0 amide bonds. The highest BCUT2D eigenvalue weighted by Crippen LogP contribution is 2.32. The van der Waals surface area contributed by atoms with Gasteiger partial charge in [0.15, 0.2) is 5.96 Å². The van der Waals surface area contributed by atoms with Crippen LogP contribution in [0.4, 0.5) is 0 Å². The average Bonchev–Trinajstić information content (AvgIpc) is 2.85. The van der Waals surface area contributed by atoms with Crippen molar-refractivity contribution in [1.29, 1.82) is 0 Å². The highest BCUT2D eigenvalue weighted by atomic mass is 16.5. The molecule has 1 saturated heterocycles. The van der Waals surface area contributed by atoms with Gasteiger partial charge in [-0.15, -0.1) is 0 Å². The molecule has 0 aromatic rings. The second-order valence-corrected chi connectivity index (χ2v) is 6.08. The van der Waals surface area contributed by atoms with Crippen molar-refractivity contribution in [3.8, 4) is 0 Å². The van der Waals surface area contributed by atoms with E-state index in [4.69, 9.17) is 4.74 Å². The Morgan fingerprint density at radius 3 is 2.75 bits per heavy atom. The quantitative estimate of drug-likeness (QED) is 0.465. The second-order valence-electron chi connectivity index (χ2n) is 6.08. The molecule has 1 rings (SSSR count). The van der Waals surface area contributed by atoms with Crippen LogP contribution >= 0.6 is 0 Å². The summed E-state index contributed by atoms with van der Waals surface area (Å²) < 4.78 is 5.50. The zero-order valence-corrected chi connectivity index (χ0v) is 13.2. The smallest absolute Gasteiger partial charge is 0.191 e. The summed E-state index contributed by atoms with van der Waals surface area (Å²) in [7, 11) is 0. The van der Waals surface area contributed by atoms with Crippen LogP contribution in [-0.4, -0.2) is 50.5 Å². The van der Waals surface area contributed by atoms with E-state index in [2.05, 4.69) is 36.4 Å². The van der Waals surface area contributed by atoms with E-state index in [1.165, 1.54) is 0 Å². The maximum absolute atomic E-state index is 9.23. The highest BCUT2D eigenvalue weighted by molar-refractivity contribution is 5.79. The van der Waals surface area contributed by atoms with Crippen molar-refractivity contribution in [2.24, 2.45) is 16.3 Å². The van der Waals surface area contributed by atoms with Crippen LogP contribution in [0.25, 0.3) is 0 Å². The van der Waals surface area contributed by atoms with Gasteiger partial charge in [-0.05, 0) is 32.1 Å². The second kappa shape index (κ2) is 9.19. The van der Waals surface area contributed by atoms with Gasteiger partial charge in [-0.3, -0.25) is 4.99 Å². The molecule has 0 spiro atoms. The molecular formula is C15H31N3O2. The van der Waals surface area contributed by atoms with Gasteiger partial charge >= 0.3 is 0 Å². The first-order valence-corrected chi connectivity index (χ1v) is 7.82. The minimum atomic E-state index is 0.0230. The molecule has 0 aliphatic carbocycles. The molecule has 118 valence electrons. The highest BCUT2D eigenvalue weighted by Gasteiger charge is 2.34. The number of rotatable bonds is 8. The summed E-state index contributed by atoms with van der Waals surface area (Å²) >= 11 is 0. The lowest BCUT2D eigenvalue weighted by atomic mass is 9.84. The predicted octanol–water partition coefficient (Wildman–Crippen LogP) is 1.38. The monoisotopic (exact) mass is 285 g/mol. The molecule has 5 nitrogen and oxygen atoms in total. The topological polar surface area (TPSA) is 65.9 Å². The average molecular weight is 285 g/mol. The Kier molecular flexibility index (Phi) is 7.92. The van der Waals surface area contributed by atoms with Crippen molar-refractivity contribution < 1.29 is 9.84 Å². The number of ether oxygens (including phenoxy) is 1. The largest absolute Gasteiger partial charge is 0.396 e. The van der Waals surface area contributed by atoms with Crippen molar-refractivity contribution >= 4 is 5.96 Å². The summed E-state index contributed by atoms with van der Waals surface area (Å²) in [6.07, 6.45) is 2.89. The number of hydrogen-bond acceptors (Lipinski definition) is 3. The lowest BCUT2D eigenvalue weighted by Crippen LogP contribution is -2.39. The van der Waals surface area contributed by atoms with Gasteiger partial charge in [0.2, 0.25) is 0 Å². The molecule has 1 unspecified atom stereocenters. The van der Waals surface area contributed by atoms with Gasteiger partial charge in [-0.25, -0.2) is 0 Å². The molecule has 0 bridgehead atoms. The Morgan fingerprint density at radius 2 is 2.20 bits per heavy atom. The maximum atomic E-state index is 9.23. The van der Waals surface area contributed by atoms with E-state index >= 15 is 0 Å². The Balaban J connectivity index is 2.51. The molecule has 1 aliphatic heterocycles. The molecule has 1 heterocycles. The van der Waals surface area contributed by atoms with Crippen LogP contribution in [0, 0.1) is 11.3 Å². The van der Waals surface area contributed by atoms with Crippen LogP contribution in [0.3, 0.4) is 0 Å². The van der Waals surface area contributed by atoms with E-state index in [1.807, 2.05) is 0 Å². The molecule has 0 aromatic carbocycles. The number of guanidine groups is 1. The van der Waals surface area contributed by atoms with E-state index in [9.17, 15) is 5.11 Å². The summed E-state index contributed by atoms with van der Waals surface area (Å²) in [5.74, 6) is 1.56. The third-order valence-electron chi connectivity index (χ3n) is 3.76. The number of hydrogen-bond donors (Lipinski definition) is 3. The molecule has 1 atom stereocenters. The summed E-state index contributed by atoms with van der Waals surface area (Å²) in [4.78, 5) is 4.69. The molecule has 5 heteroatoms. The first kappa shape index (κ1) is 17.2. The van der Waals surface area contributed by atoms with Crippen LogP contribution in [0.1, 0.15) is 40.0 Å². The van der Waals surface area contributed by atoms with E-state index in [1.54, 1.807) is 0 Å². The minimum Gasteiger partial charge on any atom is -0.396 e. The van der Waals surface area contributed by atoms with Crippen molar-refractivity contribution in [2.75, 3.05) is 39.5 Å². The zero-order chi connectivity index (χ0) is 14.8. The molecular weight excluding hydrogens is 254 g/mol. The Bertz CT molecular complexity index is 287. The van der Waals surface area contributed by atoms with Gasteiger partial charge in [0.1, 0.15) is 0 Å². The van der Waals surface area contributed by atoms with Gasteiger partial charge in [0, 0.05) is 31.7 Å². The fourth-order valence-electron chi connectivity index (χ4n) is 2.36. The van der Waals surface area contributed by atoms with Crippen LogP contribution in [0.15, 0.2) is 4.99 Å².